The fraction of sp³-hybridized carbons (Fsp3) is 0.417. The van der Waals surface area contributed by atoms with E-state index in [0.717, 1.165) is 16.1 Å². The van der Waals surface area contributed by atoms with E-state index in [1.807, 2.05) is 44.2 Å². The van der Waals surface area contributed by atoms with Crippen LogP contribution in [-0.2, 0) is 26.0 Å². The molecule has 0 saturated carbocycles. The zero-order valence-corrected chi connectivity index (χ0v) is 20.7. The van der Waals surface area contributed by atoms with Crippen molar-refractivity contribution in [2.45, 2.75) is 39.3 Å². The third-order valence-electron chi connectivity index (χ3n) is 5.41. The van der Waals surface area contributed by atoms with E-state index >= 15 is 0 Å². The topological polar surface area (TPSA) is 105 Å². The van der Waals surface area contributed by atoms with E-state index in [2.05, 4.69) is 5.32 Å². The van der Waals surface area contributed by atoms with Crippen LogP contribution in [0.25, 0.3) is 0 Å². The van der Waals surface area contributed by atoms with Gasteiger partial charge < -0.3 is 19.7 Å². The van der Waals surface area contributed by atoms with Crippen molar-refractivity contribution in [1.29, 1.82) is 0 Å². The molecule has 0 bridgehead atoms. The maximum atomic E-state index is 13.4. The monoisotopic (exact) mass is 489 g/mol. The minimum atomic E-state index is -3.81. The molecule has 0 aliphatic carbocycles. The average molecular weight is 490 g/mol. The Labute approximate surface area is 200 Å². The zero-order chi connectivity index (χ0) is 24.9. The number of hydrogen-bond acceptors (Lipinski definition) is 6. The highest BCUT2D eigenvalue weighted by atomic mass is 32.2. The van der Waals surface area contributed by atoms with E-state index in [1.54, 1.807) is 19.1 Å². The molecule has 1 N–H and O–H groups in total. The molecule has 0 saturated heterocycles. The first-order chi connectivity index (χ1) is 16.1. The minimum Gasteiger partial charge on any atom is -0.454 e. The highest BCUT2D eigenvalue weighted by Gasteiger charge is 2.30. The Balaban J connectivity index is 1.85. The van der Waals surface area contributed by atoms with Crippen LogP contribution >= 0.6 is 0 Å². The van der Waals surface area contributed by atoms with E-state index < -0.39 is 28.5 Å². The number of rotatable bonds is 10. The molecule has 1 aliphatic heterocycles. The summed E-state index contributed by atoms with van der Waals surface area (Å²) in [6.07, 6.45) is 1.56. The summed E-state index contributed by atoms with van der Waals surface area (Å²) in [4.78, 5) is 27.6. The van der Waals surface area contributed by atoms with Crippen LogP contribution in [-0.4, -0.2) is 63.4 Å². The molecule has 2 aromatic carbocycles. The molecule has 1 aliphatic rings. The lowest BCUT2D eigenvalue weighted by molar-refractivity contribution is -0.139. The summed E-state index contributed by atoms with van der Waals surface area (Å²) in [7, 11) is -3.81. The van der Waals surface area contributed by atoms with E-state index in [1.165, 1.54) is 11.0 Å². The van der Waals surface area contributed by atoms with Gasteiger partial charge in [-0.15, -0.1) is 0 Å². The smallest absolute Gasteiger partial charge is 0.244 e. The summed E-state index contributed by atoms with van der Waals surface area (Å²) < 4.78 is 36.9. The summed E-state index contributed by atoms with van der Waals surface area (Å²) in [6.45, 7) is 5.18. The molecular formula is C24H31N3O6S. The van der Waals surface area contributed by atoms with Crippen LogP contribution in [0.15, 0.2) is 48.5 Å². The van der Waals surface area contributed by atoms with Crippen molar-refractivity contribution in [3.05, 3.63) is 54.1 Å². The highest BCUT2D eigenvalue weighted by molar-refractivity contribution is 7.92. The summed E-state index contributed by atoms with van der Waals surface area (Å²) in [5.41, 5.74) is 1.29. The second-order valence-corrected chi connectivity index (χ2v) is 10.4. The fourth-order valence-electron chi connectivity index (χ4n) is 3.63. The molecule has 0 radical (unpaired) electrons. The van der Waals surface area contributed by atoms with Crippen LogP contribution in [0.5, 0.6) is 11.5 Å². The van der Waals surface area contributed by atoms with Gasteiger partial charge in [0.05, 0.1) is 11.9 Å². The van der Waals surface area contributed by atoms with Gasteiger partial charge >= 0.3 is 0 Å². The molecule has 184 valence electrons. The lowest BCUT2D eigenvalue weighted by Gasteiger charge is -2.31. The van der Waals surface area contributed by atoms with Crippen LogP contribution < -0.4 is 19.1 Å². The minimum absolute atomic E-state index is 0.0479. The van der Waals surface area contributed by atoms with E-state index in [9.17, 15) is 18.0 Å². The Hall–Kier alpha value is -3.27. The number of nitrogens with one attached hydrogen (secondary N) is 1. The van der Waals surface area contributed by atoms with Crippen molar-refractivity contribution in [3.63, 3.8) is 0 Å². The number of ether oxygens (including phenoxy) is 2. The van der Waals surface area contributed by atoms with Gasteiger partial charge in [0.1, 0.15) is 12.6 Å². The first kappa shape index (κ1) is 25.4. The first-order valence-electron chi connectivity index (χ1n) is 11.1. The second kappa shape index (κ2) is 10.8. The number of amides is 2. The fourth-order valence-corrected chi connectivity index (χ4v) is 4.47. The van der Waals surface area contributed by atoms with Crippen molar-refractivity contribution < 1.29 is 27.5 Å². The number of hydrogen-bond donors (Lipinski definition) is 1. The number of benzene rings is 2. The SMILES string of the molecule is CC(C)NC(=O)C(C)N(CCc1ccccc1)C(=O)CN(c1ccc2c(c1)OCO2)S(C)(=O)=O. The number of carbonyl (C=O) groups excluding carboxylic acids is 2. The van der Waals surface area contributed by atoms with Gasteiger partial charge in [-0.3, -0.25) is 13.9 Å². The Morgan fingerprint density at radius 1 is 1.03 bits per heavy atom. The van der Waals surface area contributed by atoms with Gasteiger partial charge in [-0.2, -0.15) is 0 Å². The van der Waals surface area contributed by atoms with Crippen molar-refractivity contribution in [3.8, 4) is 11.5 Å². The average Bonchev–Trinajstić information content (AvgIpc) is 3.24. The van der Waals surface area contributed by atoms with Gasteiger partial charge in [-0.25, -0.2) is 8.42 Å². The van der Waals surface area contributed by atoms with Crippen LogP contribution in [0.2, 0.25) is 0 Å². The van der Waals surface area contributed by atoms with Crippen LogP contribution in [0.1, 0.15) is 26.3 Å². The Kier molecular flexibility index (Phi) is 8.03. The number of anilines is 1. The molecule has 9 nitrogen and oxygen atoms in total. The summed E-state index contributed by atoms with van der Waals surface area (Å²) in [5, 5.41) is 2.82. The predicted molar refractivity (Wildman–Crippen MR) is 129 cm³/mol. The van der Waals surface area contributed by atoms with Crippen molar-refractivity contribution in [1.82, 2.24) is 10.2 Å². The van der Waals surface area contributed by atoms with E-state index in [0.29, 0.717) is 17.9 Å². The molecule has 1 heterocycles. The molecule has 3 rings (SSSR count). The third-order valence-corrected chi connectivity index (χ3v) is 6.55. The van der Waals surface area contributed by atoms with Crippen LogP contribution in [0.3, 0.4) is 0 Å². The summed E-state index contributed by atoms with van der Waals surface area (Å²) in [5.74, 6) is 0.132. The van der Waals surface area contributed by atoms with Crippen molar-refractivity contribution in [2.24, 2.45) is 0 Å². The second-order valence-electron chi connectivity index (χ2n) is 8.47. The molecule has 34 heavy (non-hydrogen) atoms. The van der Waals surface area contributed by atoms with Crippen LogP contribution in [0, 0.1) is 0 Å². The Bertz CT molecular complexity index is 1120. The van der Waals surface area contributed by atoms with E-state index in [-0.39, 0.29) is 31.0 Å². The van der Waals surface area contributed by atoms with Gasteiger partial charge in [0.25, 0.3) is 0 Å². The lowest BCUT2D eigenvalue weighted by atomic mass is 10.1. The first-order valence-corrected chi connectivity index (χ1v) is 12.9. The standard InChI is InChI=1S/C24H31N3O6S/c1-17(2)25-24(29)18(3)26(13-12-19-8-6-5-7-9-19)23(28)15-27(34(4,30)31)20-10-11-21-22(14-20)33-16-32-21/h5-11,14,17-18H,12-13,15-16H2,1-4H3,(H,25,29). The normalized spacial score (nSPS) is 13.4. The molecule has 0 spiro atoms. The molecule has 0 aromatic heterocycles. The number of nitrogens with zero attached hydrogens (tertiary/aromatic N) is 2. The molecule has 1 unspecified atom stereocenters. The highest BCUT2D eigenvalue weighted by Crippen LogP contribution is 2.36. The van der Waals surface area contributed by atoms with Gasteiger partial charge in [-0.05, 0) is 44.9 Å². The molecular weight excluding hydrogens is 458 g/mol. The molecule has 1 atom stereocenters. The zero-order valence-electron chi connectivity index (χ0n) is 19.9. The lowest BCUT2D eigenvalue weighted by Crippen LogP contribution is -2.53. The van der Waals surface area contributed by atoms with Gasteiger partial charge in [0.2, 0.25) is 28.6 Å². The third kappa shape index (κ3) is 6.40. The molecule has 10 heteroatoms. The summed E-state index contributed by atoms with van der Waals surface area (Å²) >= 11 is 0. The summed E-state index contributed by atoms with van der Waals surface area (Å²) in [6, 6.07) is 13.4. The number of sulfonamides is 1. The molecule has 2 amide bonds. The van der Waals surface area contributed by atoms with E-state index in [4.69, 9.17) is 9.47 Å². The van der Waals surface area contributed by atoms with Gasteiger partial charge in [0, 0.05) is 18.7 Å². The Morgan fingerprint density at radius 2 is 1.71 bits per heavy atom. The number of fused-ring (bicyclic) bond motifs is 1. The Morgan fingerprint density at radius 3 is 2.35 bits per heavy atom. The van der Waals surface area contributed by atoms with Crippen LogP contribution in [0.4, 0.5) is 5.69 Å². The quantitative estimate of drug-likeness (QED) is 0.548. The van der Waals surface area contributed by atoms with Gasteiger partial charge in [-0.1, -0.05) is 30.3 Å². The largest absolute Gasteiger partial charge is 0.454 e. The number of carbonyl (C=O) groups is 2. The van der Waals surface area contributed by atoms with Gasteiger partial charge in [0.15, 0.2) is 11.5 Å². The maximum absolute atomic E-state index is 13.4. The van der Waals surface area contributed by atoms with Crippen molar-refractivity contribution in [2.75, 3.05) is 30.4 Å². The maximum Gasteiger partial charge on any atom is 0.244 e. The van der Waals surface area contributed by atoms with Crippen molar-refractivity contribution >= 4 is 27.5 Å². The predicted octanol–water partition coefficient (Wildman–Crippen LogP) is 2.17. The molecule has 2 aromatic rings. The molecule has 0 fully saturated rings.